The third-order valence-corrected chi connectivity index (χ3v) is 2.89. The summed E-state index contributed by atoms with van der Waals surface area (Å²) in [6.07, 6.45) is 0. The van der Waals surface area contributed by atoms with Gasteiger partial charge in [-0.25, -0.2) is 0 Å². The van der Waals surface area contributed by atoms with Gasteiger partial charge < -0.3 is 10.5 Å². The van der Waals surface area contributed by atoms with Gasteiger partial charge in [0.15, 0.2) is 0 Å². The van der Waals surface area contributed by atoms with Crippen LogP contribution in [0.4, 0.5) is 0 Å². The van der Waals surface area contributed by atoms with E-state index >= 15 is 0 Å². The van der Waals surface area contributed by atoms with Crippen molar-refractivity contribution >= 4 is 12.4 Å². The molecule has 0 aromatic heterocycles. The van der Waals surface area contributed by atoms with Crippen molar-refractivity contribution in [2.75, 3.05) is 7.11 Å². The molecule has 2 nitrogen and oxygen atoms in total. The minimum Gasteiger partial charge on any atom is -0.496 e. The van der Waals surface area contributed by atoms with Gasteiger partial charge in [0.1, 0.15) is 5.75 Å². The van der Waals surface area contributed by atoms with Crippen molar-refractivity contribution in [2.45, 2.75) is 13.5 Å². The average Bonchev–Trinajstić information content (AvgIpc) is 2.39. The minimum atomic E-state index is 0. The molecular formula is C15H18ClNO. The molecule has 0 spiro atoms. The fourth-order valence-electron chi connectivity index (χ4n) is 1.86. The summed E-state index contributed by atoms with van der Waals surface area (Å²) in [5.74, 6) is 0.850. The fraction of sp³-hybridized carbons (Fsp3) is 0.200. The van der Waals surface area contributed by atoms with Crippen molar-refractivity contribution in [3.05, 3.63) is 53.6 Å². The first kappa shape index (κ1) is 14.6. The number of benzene rings is 2. The van der Waals surface area contributed by atoms with Crippen LogP contribution in [0.15, 0.2) is 42.5 Å². The highest BCUT2D eigenvalue weighted by atomic mass is 35.5. The van der Waals surface area contributed by atoms with Gasteiger partial charge in [-0.3, -0.25) is 0 Å². The maximum Gasteiger partial charge on any atom is 0.123 e. The molecule has 2 N–H and O–H groups in total. The van der Waals surface area contributed by atoms with E-state index in [-0.39, 0.29) is 12.4 Å². The average molecular weight is 264 g/mol. The highest BCUT2D eigenvalue weighted by Crippen LogP contribution is 2.26. The van der Waals surface area contributed by atoms with E-state index in [2.05, 4.69) is 43.3 Å². The van der Waals surface area contributed by atoms with Crippen LogP contribution in [0, 0.1) is 6.92 Å². The summed E-state index contributed by atoms with van der Waals surface area (Å²) in [6.45, 7) is 2.58. The number of rotatable bonds is 3. The first-order valence-corrected chi connectivity index (χ1v) is 5.68. The van der Waals surface area contributed by atoms with E-state index in [1.54, 1.807) is 7.11 Å². The van der Waals surface area contributed by atoms with Crippen LogP contribution in [-0.4, -0.2) is 7.11 Å². The summed E-state index contributed by atoms with van der Waals surface area (Å²) in [7, 11) is 1.67. The van der Waals surface area contributed by atoms with E-state index in [9.17, 15) is 0 Å². The molecule has 3 heteroatoms. The van der Waals surface area contributed by atoms with Gasteiger partial charge in [0, 0.05) is 12.1 Å². The predicted octanol–water partition coefficient (Wildman–Crippen LogP) is 3.55. The monoisotopic (exact) mass is 263 g/mol. The van der Waals surface area contributed by atoms with E-state index in [1.807, 2.05) is 6.07 Å². The maximum atomic E-state index is 5.72. The van der Waals surface area contributed by atoms with Gasteiger partial charge in [-0.15, -0.1) is 12.4 Å². The Hall–Kier alpha value is -1.51. The molecule has 0 saturated carbocycles. The number of hydrogen-bond acceptors (Lipinski definition) is 2. The first-order valence-electron chi connectivity index (χ1n) is 5.68. The van der Waals surface area contributed by atoms with Crippen LogP contribution >= 0.6 is 12.4 Å². The Morgan fingerprint density at radius 2 is 1.61 bits per heavy atom. The van der Waals surface area contributed by atoms with Gasteiger partial charge in [-0.05, 0) is 30.2 Å². The second-order valence-electron chi connectivity index (χ2n) is 4.10. The van der Waals surface area contributed by atoms with Gasteiger partial charge in [0.2, 0.25) is 0 Å². The maximum absolute atomic E-state index is 5.72. The minimum absolute atomic E-state index is 0. The third kappa shape index (κ3) is 3.03. The molecule has 2 aromatic rings. The Morgan fingerprint density at radius 1 is 1.00 bits per heavy atom. The van der Waals surface area contributed by atoms with Crippen LogP contribution in [0.3, 0.4) is 0 Å². The largest absolute Gasteiger partial charge is 0.496 e. The number of nitrogens with two attached hydrogens (primary N) is 1. The third-order valence-electron chi connectivity index (χ3n) is 2.89. The van der Waals surface area contributed by atoms with Crippen molar-refractivity contribution in [1.82, 2.24) is 0 Å². The molecule has 0 unspecified atom stereocenters. The van der Waals surface area contributed by atoms with Crippen molar-refractivity contribution < 1.29 is 4.74 Å². The summed E-state index contributed by atoms with van der Waals surface area (Å²) in [4.78, 5) is 0. The zero-order chi connectivity index (χ0) is 12.3. The summed E-state index contributed by atoms with van der Waals surface area (Å²) in [5, 5.41) is 0. The highest BCUT2D eigenvalue weighted by molar-refractivity contribution is 5.85. The first-order chi connectivity index (χ1) is 8.24. The molecule has 0 fully saturated rings. The van der Waals surface area contributed by atoms with Crippen LogP contribution < -0.4 is 10.5 Å². The Balaban J connectivity index is 0.00000162. The second-order valence-corrected chi connectivity index (χ2v) is 4.10. The topological polar surface area (TPSA) is 35.2 Å². The Bertz CT molecular complexity index is 508. The van der Waals surface area contributed by atoms with Crippen LogP contribution in [0.2, 0.25) is 0 Å². The molecule has 0 amide bonds. The molecule has 96 valence electrons. The SMILES string of the molecule is COc1ccc(-c2ccc(C)cc2)cc1CN.Cl. The van der Waals surface area contributed by atoms with Crippen LogP contribution in [0.25, 0.3) is 11.1 Å². The standard InChI is InChI=1S/C15H17NO.ClH/c1-11-3-5-12(6-4-11)13-7-8-15(17-2)14(9-13)10-16;/h3-9H,10,16H2,1-2H3;1H. The summed E-state index contributed by atoms with van der Waals surface area (Å²) in [5.41, 5.74) is 10.4. The lowest BCUT2D eigenvalue weighted by atomic mass is 10.0. The van der Waals surface area contributed by atoms with Gasteiger partial charge in [-0.2, -0.15) is 0 Å². The Labute approximate surface area is 114 Å². The molecule has 0 atom stereocenters. The number of hydrogen-bond donors (Lipinski definition) is 1. The lowest BCUT2D eigenvalue weighted by molar-refractivity contribution is 0.410. The summed E-state index contributed by atoms with van der Waals surface area (Å²) in [6, 6.07) is 14.6. The van der Waals surface area contributed by atoms with E-state index < -0.39 is 0 Å². The second kappa shape index (κ2) is 6.43. The van der Waals surface area contributed by atoms with Gasteiger partial charge in [0.25, 0.3) is 0 Å². The molecule has 0 bridgehead atoms. The van der Waals surface area contributed by atoms with E-state index in [1.165, 1.54) is 16.7 Å². The normalized spacial score (nSPS) is 9.72. The van der Waals surface area contributed by atoms with Crippen molar-refractivity contribution in [2.24, 2.45) is 5.73 Å². The van der Waals surface area contributed by atoms with Crippen LogP contribution in [0.5, 0.6) is 5.75 Å². The number of aryl methyl sites for hydroxylation is 1. The summed E-state index contributed by atoms with van der Waals surface area (Å²) < 4.78 is 5.27. The number of halogens is 1. The van der Waals surface area contributed by atoms with E-state index in [4.69, 9.17) is 10.5 Å². The van der Waals surface area contributed by atoms with Crippen molar-refractivity contribution in [3.8, 4) is 16.9 Å². The molecule has 0 heterocycles. The van der Waals surface area contributed by atoms with E-state index in [0.717, 1.165) is 11.3 Å². The van der Waals surface area contributed by atoms with Gasteiger partial charge in [-0.1, -0.05) is 35.9 Å². The highest BCUT2D eigenvalue weighted by Gasteiger charge is 2.04. The Morgan fingerprint density at radius 3 is 2.17 bits per heavy atom. The Kier molecular flexibility index (Phi) is 5.20. The van der Waals surface area contributed by atoms with Crippen LogP contribution in [0.1, 0.15) is 11.1 Å². The van der Waals surface area contributed by atoms with Gasteiger partial charge >= 0.3 is 0 Å². The number of methoxy groups -OCH3 is 1. The van der Waals surface area contributed by atoms with Crippen LogP contribution in [-0.2, 0) is 6.54 Å². The van der Waals surface area contributed by atoms with Crippen molar-refractivity contribution in [3.63, 3.8) is 0 Å². The molecule has 0 aliphatic rings. The zero-order valence-corrected chi connectivity index (χ0v) is 11.5. The van der Waals surface area contributed by atoms with Gasteiger partial charge in [0.05, 0.1) is 7.11 Å². The molecule has 0 saturated heterocycles. The molecule has 0 aliphatic carbocycles. The van der Waals surface area contributed by atoms with Crippen molar-refractivity contribution in [1.29, 1.82) is 0 Å². The quantitative estimate of drug-likeness (QED) is 0.919. The summed E-state index contributed by atoms with van der Waals surface area (Å²) >= 11 is 0. The molecule has 2 aromatic carbocycles. The smallest absolute Gasteiger partial charge is 0.123 e. The molecular weight excluding hydrogens is 246 g/mol. The molecule has 0 aliphatic heterocycles. The molecule has 0 radical (unpaired) electrons. The zero-order valence-electron chi connectivity index (χ0n) is 10.6. The fourth-order valence-corrected chi connectivity index (χ4v) is 1.86. The lowest BCUT2D eigenvalue weighted by Crippen LogP contribution is -2.00. The predicted molar refractivity (Wildman–Crippen MR) is 78.3 cm³/mol. The molecule has 18 heavy (non-hydrogen) atoms. The van der Waals surface area contributed by atoms with E-state index in [0.29, 0.717) is 6.54 Å². The molecule has 2 rings (SSSR count). The number of ether oxygens (including phenoxy) is 1. The lowest BCUT2D eigenvalue weighted by Gasteiger charge is -2.09.